The molecule has 0 aliphatic carbocycles. The summed E-state index contributed by atoms with van der Waals surface area (Å²) < 4.78 is 5.46. The fourth-order valence-electron chi connectivity index (χ4n) is 1.49. The second kappa shape index (κ2) is 5.97. The van der Waals surface area contributed by atoms with Gasteiger partial charge in [0.2, 0.25) is 6.08 Å². The van der Waals surface area contributed by atoms with Gasteiger partial charge in [0.05, 0.1) is 16.7 Å². The lowest BCUT2D eigenvalue weighted by atomic mass is 10.2. The first-order valence-corrected chi connectivity index (χ1v) is 5.77. The minimum absolute atomic E-state index is 0.0955. The molecule has 2 rings (SSSR count). The van der Waals surface area contributed by atoms with E-state index < -0.39 is 4.92 Å². The molecule has 2 aromatic carbocycles. The summed E-state index contributed by atoms with van der Waals surface area (Å²) >= 11 is 5.75. The van der Waals surface area contributed by atoms with Crippen LogP contribution in [0.3, 0.4) is 0 Å². The Morgan fingerprint density at radius 3 is 2.45 bits per heavy atom. The van der Waals surface area contributed by atoms with Crippen LogP contribution in [0.2, 0.25) is 5.02 Å². The van der Waals surface area contributed by atoms with Crippen molar-refractivity contribution < 1.29 is 14.5 Å². The Morgan fingerprint density at radius 2 is 1.85 bits per heavy atom. The Morgan fingerprint density at radius 1 is 1.15 bits per heavy atom. The molecule has 0 bridgehead atoms. The number of halogens is 1. The lowest BCUT2D eigenvalue weighted by molar-refractivity contribution is -0.384. The van der Waals surface area contributed by atoms with E-state index in [-0.39, 0.29) is 17.1 Å². The van der Waals surface area contributed by atoms with Gasteiger partial charge in [0, 0.05) is 17.2 Å². The quantitative estimate of drug-likeness (QED) is 0.369. The number of rotatable bonds is 4. The van der Waals surface area contributed by atoms with Crippen molar-refractivity contribution in [1.82, 2.24) is 0 Å². The molecule has 6 nitrogen and oxygen atoms in total. The van der Waals surface area contributed by atoms with Crippen molar-refractivity contribution in [2.45, 2.75) is 0 Å². The van der Waals surface area contributed by atoms with Crippen LogP contribution in [0, 0.1) is 10.1 Å². The molecule has 0 N–H and O–H groups in total. The normalized spacial score (nSPS) is 9.65. The van der Waals surface area contributed by atoms with Gasteiger partial charge in [-0.05, 0) is 24.3 Å². The van der Waals surface area contributed by atoms with E-state index in [0.29, 0.717) is 10.8 Å². The van der Waals surface area contributed by atoms with Gasteiger partial charge >= 0.3 is 0 Å². The number of nitro groups is 1. The van der Waals surface area contributed by atoms with Gasteiger partial charge in [0.1, 0.15) is 11.5 Å². The molecular weight excluding hydrogens is 284 g/mol. The first-order chi connectivity index (χ1) is 9.58. The molecule has 0 aliphatic heterocycles. The maximum Gasteiger partial charge on any atom is 0.275 e. The van der Waals surface area contributed by atoms with Crippen LogP contribution >= 0.6 is 11.6 Å². The van der Waals surface area contributed by atoms with E-state index in [0.717, 1.165) is 6.07 Å². The standard InChI is InChI=1S/C13H7ClN2O4/c14-9-1-3-12(4-2-9)20-13-6-10(15-8-17)5-11(7-13)16(18)19/h1-7H. The van der Waals surface area contributed by atoms with Gasteiger partial charge in [-0.1, -0.05) is 11.6 Å². The van der Waals surface area contributed by atoms with Crippen LogP contribution in [-0.4, -0.2) is 11.0 Å². The summed E-state index contributed by atoms with van der Waals surface area (Å²) in [5.74, 6) is 0.645. The number of benzene rings is 2. The average molecular weight is 291 g/mol. The Bertz CT molecular complexity index is 674. The molecular formula is C13H7ClN2O4. The Balaban J connectivity index is 2.37. The zero-order valence-electron chi connectivity index (χ0n) is 9.95. The van der Waals surface area contributed by atoms with Crippen LogP contribution in [0.25, 0.3) is 0 Å². The molecule has 0 saturated heterocycles. The number of nitrogens with zero attached hydrogens (tertiary/aromatic N) is 2. The number of non-ortho nitro benzene ring substituents is 1. The molecule has 0 radical (unpaired) electrons. The molecule has 0 aliphatic rings. The Labute approximate surface area is 118 Å². The number of isocyanates is 1. The van der Waals surface area contributed by atoms with Crippen molar-refractivity contribution in [2.24, 2.45) is 4.99 Å². The highest BCUT2D eigenvalue weighted by Gasteiger charge is 2.11. The second-order valence-electron chi connectivity index (χ2n) is 3.70. The van der Waals surface area contributed by atoms with Crippen LogP contribution in [0.4, 0.5) is 11.4 Å². The molecule has 0 heterocycles. The highest BCUT2D eigenvalue weighted by atomic mass is 35.5. The summed E-state index contributed by atoms with van der Waals surface area (Å²) in [4.78, 5) is 23.8. The molecule has 20 heavy (non-hydrogen) atoms. The number of carbonyl (C=O) groups excluding carboxylic acids is 1. The van der Waals surface area contributed by atoms with Gasteiger partial charge in [-0.15, -0.1) is 0 Å². The first-order valence-electron chi connectivity index (χ1n) is 5.39. The smallest absolute Gasteiger partial charge is 0.275 e. The van der Waals surface area contributed by atoms with E-state index in [4.69, 9.17) is 16.3 Å². The van der Waals surface area contributed by atoms with Gasteiger partial charge in [-0.25, -0.2) is 4.79 Å². The fourth-order valence-corrected chi connectivity index (χ4v) is 1.61. The molecule has 7 heteroatoms. The van der Waals surface area contributed by atoms with E-state index in [2.05, 4.69) is 4.99 Å². The van der Waals surface area contributed by atoms with Crippen LogP contribution < -0.4 is 4.74 Å². The van der Waals surface area contributed by atoms with E-state index in [9.17, 15) is 14.9 Å². The summed E-state index contributed by atoms with van der Waals surface area (Å²) in [5, 5.41) is 11.3. The topological polar surface area (TPSA) is 81.8 Å². The van der Waals surface area contributed by atoms with Crippen molar-refractivity contribution in [3.63, 3.8) is 0 Å². The number of nitro benzene ring substituents is 1. The van der Waals surface area contributed by atoms with E-state index in [1.807, 2.05) is 0 Å². The third-order valence-electron chi connectivity index (χ3n) is 2.31. The largest absolute Gasteiger partial charge is 0.457 e. The zero-order chi connectivity index (χ0) is 14.5. The maximum absolute atomic E-state index is 10.8. The number of ether oxygens (including phenoxy) is 1. The molecule has 0 spiro atoms. The van der Waals surface area contributed by atoms with Gasteiger partial charge in [-0.2, -0.15) is 4.99 Å². The lowest BCUT2D eigenvalue weighted by Gasteiger charge is -2.06. The van der Waals surface area contributed by atoms with E-state index in [1.165, 1.54) is 18.2 Å². The predicted octanol–water partition coefficient (Wildman–Crippen LogP) is 4.01. The van der Waals surface area contributed by atoms with Gasteiger partial charge in [0.15, 0.2) is 0 Å². The van der Waals surface area contributed by atoms with Crippen molar-refractivity contribution in [1.29, 1.82) is 0 Å². The van der Waals surface area contributed by atoms with Crippen LogP contribution in [0.15, 0.2) is 47.5 Å². The number of hydrogen-bond donors (Lipinski definition) is 0. The van der Waals surface area contributed by atoms with Crippen molar-refractivity contribution in [2.75, 3.05) is 0 Å². The summed E-state index contributed by atoms with van der Waals surface area (Å²) in [6.07, 6.45) is 1.33. The lowest BCUT2D eigenvalue weighted by Crippen LogP contribution is -1.90. The minimum Gasteiger partial charge on any atom is -0.457 e. The van der Waals surface area contributed by atoms with Crippen molar-refractivity contribution >= 4 is 29.1 Å². The van der Waals surface area contributed by atoms with Crippen LogP contribution in [0.1, 0.15) is 0 Å². The monoisotopic (exact) mass is 290 g/mol. The summed E-state index contributed by atoms with van der Waals surface area (Å²) in [7, 11) is 0. The zero-order valence-corrected chi connectivity index (χ0v) is 10.7. The summed E-state index contributed by atoms with van der Waals surface area (Å²) in [6, 6.07) is 10.3. The molecule has 0 atom stereocenters. The fraction of sp³-hybridized carbons (Fsp3) is 0. The third-order valence-corrected chi connectivity index (χ3v) is 2.56. The molecule has 100 valence electrons. The van der Waals surface area contributed by atoms with Crippen molar-refractivity contribution in [3.05, 3.63) is 57.6 Å². The Kier molecular flexibility index (Phi) is 4.10. The number of hydrogen-bond acceptors (Lipinski definition) is 5. The minimum atomic E-state index is -0.599. The van der Waals surface area contributed by atoms with Gasteiger partial charge < -0.3 is 4.74 Å². The predicted molar refractivity (Wildman–Crippen MR) is 72.4 cm³/mol. The van der Waals surface area contributed by atoms with Gasteiger partial charge in [-0.3, -0.25) is 10.1 Å². The van der Waals surface area contributed by atoms with Gasteiger partial charge in [0.25, 0.3) is 5.69 Å². The summed E-state index contributed by atoms with van der Waals surface area (Å²) in [5.41, 5.74) is -0.136. The maximum atomic E-state index is 10.8. The third kappa shape index (κ3) is 3.41. The highest BCUT2D eigenvalue weighted by Crippen LogP contribution is 2.31. The molecule has 0 unspecified atom stereocenters. The Hall–Kier alpha value is -2.69. The van der Waals surface area contributed by atoms with E-state index in [1.54, 1.807) is 24.3 Å². The summed E-state index contributed by atoms with van der Waals surface area (Å²) in [6.45, 7) is 0. The van der Waals surface area contributed by atoms with E-state index >= 15 is 0 Å². The highest BCUT2D eigenvalue weighted by molar-refractivity contribution is 6.30. The van der Waals surface area contributed by atoms with Crippen LogP contribution in [0.5, 0.6) is 11.5 Å². The molecule has 0 amide bonds. The number of aliphatic imine (C=N–C) groups is 1. The molecule has 2 aromatic rings. The molecule has 0 saturated carbocycles. The molecule has 0 aromatic heterocycles. The first kappa shape index (κ1) is 13.7. The average Bonchev–Trinajstić information content (AvgIpc) is 2.41. The molecule has 0 fully saturated rings. The second-order valence-corrected chi connectivity index (χ2v) is 4.14. The van der Waals surface area contributed by atoms with Crippen LogP contribution in [-0.2, 0) is 4.79 Å². The van der Waals surface area contributed by atoms with Crippen molar-refractivity contribution in [3.8, 4) is 11.5 Å². The SMILES string of the molecule is O=C=Nc1cc(Oc2ccc(Cl)cc2)cc([N+](=O)[O-])c1.